The van der Waals surface area contributed by atoms with Gasteiger partial charge in [-0.2, -0.15) is 4.98 Å². The van der Waals surface area contributed by atoms with Crippen molar-refractivity contribution in [3.63, 3.8) is 0 Å². The fourth-order valence-corrected chi connectivity index (χ4v) is 5.73. The van der Waals surface area contributed by atoms with E-state index in [1.807, 2.05) is 12.1 Å². The fraction of sp³-hybridized carbons (Fsp3) is 0.464. The number of hydrogen-bond donors (Lipinski definition) is 1. The Balaban J connectivity index is 1.15. The van der Waals surface area contributed by atoms with Gasteiger partial charge < -0.3 is 14.1 Å². The molecule has 0 saturated carbocycles. The molecule has 1 aromatic carbocycles. The second kappa shape index (κ2) is 10.3. The van der Waals surface area contributed by atoms with Gasteiger partial charge in [0.2, 0.25) is 5.78 Å². The molecule has 6 rings (SSSR count). The number of nitrogens with two attached hydrogens (primary N) is 1. The third-order valence-electron chi connectivity index (χ3n) is 8.03. The summed E-state index contributed by atoms with van der Waals surface area (Å²) in [4.78, 5) is 27.5. The van der Waals surface area contributed by atoms with Crippen molar-refractivity contribution < 1.29 is 9.15 Å². The number of fused-ring (bicyclic) bond motifs is 3. The van der Waals surface area contributed by atoms with E-state index in [1.165, 1.54) is 16.3 Å². The van der Waals surface area contributed by atoms with Crippen LogP contribution in [-0.4, -0.2) is 82.5 Å². The average molecular weight is 548 g/mol. The van der Waals surface area contributed by atoms with E-state index in [4.69, 9.17) is 20.0 Å². The molecule has 2 aliphatic heterocycles. The predicted molar refractivity (Wildman–Crippen MR) is 154 cm³/mol. The van der Waals surface area contributed by atoms with Crippen LogP contribution < -0.4 is 21.4 Å². The minimum Gasteiger partial charge on any atom is -0.463 e. The Labute approximate surface area is 232 Å². The Morgan fingerprint density at radius 3 is 2.50 bits per heavy atom. The molecule has 212 valence electrons. The molecule has 0 unspecified atom stereocenters. The van der Waals surface area contributed by atoms with Crippen molar-refractivity contribution >= 4 is 23.0 Å². The maximum Gasteiger partial charge on any atom is 0.345 e. The SMILES string of the molecule is COCC(C)(C)c1ccc(N2CCN(CCn3c(=O)n(C)n4c5c(nc34)N(N)CN=C5c3ccco3)CC2)cc1. The first kappa shape index (κ1) is 26.4. The van der Waals surface area contributed by atoms with Gasteiger partial charge in [-0.1, -0.05) is 26.0 Å². The molecule has 3 aromatic heterocycles. The number of hydrogen-bond acceptors (Lipinski definition) is 9. The highest BCUT2D eigenvalue weighted by molar-refractivity contribution is 6.14. The van der Waals surface area contributed by atoms with Crippen LogP contribution in [-0.2, 0) is 23.7 Å². The van der Waals surface area contributed by atoms with Crippen LogP contribution in [0, 0.1) is 0 Å². The summed E-state index contributed by atoms with van der Waals surface area (Å²) in [6.45, 7) is 10.3. The molecule has 1 saturated heterocycles. The lowest BCUT2D eigenvalue weighted by Crippen LogP contribution is -2.47. The number of hydrazine groups is 1. The minimum atomic E-state index is -0.131. The summed E-state index contributed by atoms with van der Waals surface area (Å²) in [7, 11) is 3.49. The highest BCUT2D eigenvalue weighted by Crippen LogP contribution is 2.28. The molecular formula is C28H37N9O3. The first-order valence-corrected chi connectivity index (χ1v) is 13.6. The molecule has 0 spiro atoms. The van der Waals surface area contributed by atoms with Crippen molar-refractivity contribution in [1.29, 1.82) is 0 Å². The van der Waals surface area contributed by atoms with Gasteiger partial charge in [0.1, 0.15) is 18.1 Å². The van der Waals surface area contributed by atoms with Crippen molar-refractivity contribution in [1.82, 2.24) is 23.6 Å². The molecule has 0 aliphatic carbocycles. The summed E-state index contributed by atoms with van der Waals surface area (Å²) in [6.07, 6.45) is 1.60. The van der Waals surface area contributed by atoms with Crippen molar-refractivity contribution in [3.8, 4) is 0 Å². The summed E-state index contributed by atoms with van der Waals surface area (Å²) in [5.41, 5.74) is 3.65. The zero-order valence-electron chi connectivity index (χ0n) is 23.6. The normalized spacial score (nSPS) is 16.6. The Bertz CT molecular complexity index is 1570. The highest BCUT2D eigenvalue weighted by atomic mass is 16.5. The Kier molecular flexibility index (Phi) is 6.77. The van der Waals surface area contributed by atoms with Crippen LogP contribution in [0.3, 0.4) is 0 Å². The standard InChI is InChI=1S/C28H37N9O3/c1-28(2,18-39-4)20-7-9-21(10-8-20)34-14-11-33(12-15-34)13-16-35-26-31-25-24(37(26)32(3)27(35)38)23(30-19-36(25)29)22-6-5-17-40-22/h5-10,17H,11-16,18-19,29H2,1-4H3. The van der Waals surface area contributed by atoms with Gasteiger partial charge >= 0.3 is 5.69 Å². The molecule has 2 N–H and O–H groups in total. The highest BCUT2D eigenvalue weighted by Gasteiger charge is 2.31. The van der Waals surface area contributed by atoms with Gasteiger partial charge in [0, 0.05) is 64.5 Å². The van der Waals surface area contributed by atoms with Gasteiger partial charge in [-0.05, 0) is 29.8 Å². The van der Waals surface area contributed by atoms with Crippen molar-refractivity contribution in [2.75, 3.05) is 63.0 Å². The van der Waals surface area contributed by atoms with Crippen LogP contribution in [0.15, 0.2) is 56.9 Å². The van der Waals surface area contributed by atoms with Crippen LogP contribution in [0.1, 0.15) is 30.9 Å². The number of aliphatic imine (C=N–C) groups is 1. The zero-order valence-corrected chi connectivity index (χ0v) is 23.6. The maximum absolute atomic E-state index is 13.3. The molecule has 0 radical (unpaired) electrons. The van der Waals surface area contributed by atoms with E-state index in [0.29, 0.717) is 41.9 Å². The lowest BCUT2D eigenvalue weighted by Gasteiger charge is -2.36. The second-order valence-electron chi connectivity index (χ2n) is 11.1. The number of rotatable bonds is 8. The predicted octanol–water partition coefficient (Wildman–Crippen LogP) is 1.66. The summed E-state index contributed by atoms with van der Waals surface area (Å²) >= 11 is 0. The van der Waals surface area contributed by atoms with Crippen molar-refractivity contribution in [2.45, 2.75) is 25.8 Å². The van der Waals surface area contributed by atoms with E-state index in [1.54, 1.807) is 34.2 Å². The monoisotopic (exact) mass is 547 g/mol. The molecule has 12 heteroatoms. The maximum atomic E-state index is 13.3. The molecular weight excluding hydrogens is 510 g/mol. The van der Waals surface area contributed by atoms with Gasteiger partial charge in [0.15, 0.2) is 11.6 Å². The number of piperazine rings is 1. The quantitative estimate of drug-likeness (QED) is 0.332. The number of nitrogens with zero attached hydrogens (tertiary/aromatic N) is 8. The van der Waals surface area contributed by atoms with E-state index < -0.39 is 0 Å². The second-order valence-corrected chi connectivity index (χ2v) is 11.1. The number of aryl methyl sites for hydroxylation is 1. The first-order valence-electron chi connectivity index (χ1n) is 13.6. The summed E-state index contributed by atoms with van der Waals surface area (Å²) in [6, 6.07) is 12.5. The number of imidazole rings is 1. The molecule has 12 nitrogen and oxygen atoms in total. The van der Waals surface area contributed by atoms with Gasteiger partial charge in [0.05, 0.1) is 12.9 Å². The minimum absolute atomic E-state index is 0.0172. The molecule has 1 fully saturated rings. The Morgan fingerprint density at radius 2 is 1.82 bits per heavy atom. The zero-order chi connectivity index (χ0) is 28.0. The Morgan fingerprint density at radius 1 is 1.07 bits per heavy atom. The van der Waals surface area contributed by atoms with E-state index in [9.17, 15) is 4.79 Å². The number of methoxy groups -OCH3 is 1. The van der Waals surface area contributed by atoms with E-state index in [-0.39, 0.29) is 17.8 Å². The van der Waals surface area contributed by atoms with E-state index >= 15 is 0 Å². The van der Waals surface area contributed by atoms with Crippen LogP contribution in [0.5, 0.6) is 0 Å². The number of benzene rings is 1. The van der Waals surface area contributed by atoms with E-state index in [2.05, 4.69) is 52.9 Å². The lowest BCUT2D eigenvalue weighted by molar-refractivity contribution is 0.146. The van der Waals surface area contributed by atoms with Gasteiger partial charge in [0.25, 0.3) is 0 Å². The summed E-state index contributed by atoms with van der Waals surface area (Å²) in [5, 5.41) is 1.49. The largest absolute Gasteiger partial charge is 0.463 e. The fourth-order valence-electron chi connectivity index (χ4n) is 5.73. The van der Waals surface area contributed by atoms with Crippen LogP contribution in [0.4, 0.5) is 11.5 Å². The van der Waals surface area contributed by atoms with Crippen LogP contribution in [0.25, 0.3) is 5.78 Å². The van der Waals surface area contributed by atoms with Gasteiger partial charge in [-0.15, -0.1) is 0 Å². The van der Waals surface area contributed by atoms with Crippen LogP contribution >= 0.6 is 0 Å². The smallest absolute Gasteiger partial charge is 0.345 e. The van der Waals surface area contributed by atoms with Gasteiger partial charge in [-0.3, -0.25) is 19.5 Å². The van der Waals surface area contributed by atoms with E-state index in [0.717, 1.165) is 32.7 Å². The number of ether oxygens (including phenoxy) is 1. The molecule has 2 aliphatic rings. The van der Waals surface area contributed by atoms with Crippen molar-refractivity contribution in [3.05, 3.63) is 70.2 Å². The first-order chi connectivity index (χ1) is 19.3. The number of aromatic nitrogens is 4. The number of anilines is 2. The topological polar surface area (TPSA) is 115 Å². The van der Waals surface area contributed by atoms with Crippen molar-refractivity contribution in [2.24, 2.45) is 17.9 Å². The Hall–Kier alpha value is -3.87. The molecule has 4 aromatic rings. The molecule has 5 heterocycles. The van der Waals surface area contributed by atoms with Crippen LogP contribution in [0.2, 0.25) is 0 Å². The molecule has 0 atom stereocenters. The summed E-state index contributed by atoms with van der Waals surface area (Å²) < 4.78 is 16.1. The molecule has 0 bridgehead atoms. The van der Waals surface area contributed by atoms with Gasteiger partial charge in [-0.25, -0.2) is 19.8 Å². The third-order valence-corrected chi connectivity index (χ3v) is 8.03. The molecule has 0 amide bonds. The lowest BCUT2D eigenvalue weighted by atomic mass is 9.85. The summed E-state index contributed by atoms with van der Waals surface area (Å²) in [5.74, 6) is 7.96. The average Bonchev–Trinajstić information content (AvgIpc) is 3.67. The molecule has 40 heavy (non-hydrogen) atoms. The number of furan rings is 1. The third kappa shape index (κ3) is 4.51.